The third kappa shape index (κ3) is 4.48. The van der Waals surface area contributed by atoms with Gasteiger partial charge in [0.05, 0.1) is 25.7 Å². The third-order valence-corrected chi connectivity index (χ3v) is 3.41. The van der Waals surface area contributed by atoms with Gasteiger partial charge >= 0.3 is 12.1 Å². The lowest BCUT2D eigenvalue weighted by molar-refractivity contribution is -0.151. The molecule has 1 heterocycles. The molecule has 7 nitrogen and oxygen atoms in total. The van der Waals surface area contributed by atoms with Crippen LogP contribution < -0.4 is 5.32 Å². The Labute approximate surface area is 118 Å². The second kappa shape index (κ2) is 7.84. The molecule has 1 aliphatic rings. The average Bonchev–Trinajstić information content (AvgIpc) is 2.46. The van der Waals surface area contributed by atoms with Crippen molar-refractivity contribution >= 4 is 18.0 Å². The maximum absolute atomic E-state index is 11.8. The van der Waals surface area contributed by atoms with Crippen LogP contribution in [0.2, 0.25) is 0 Å². The zero-order chi connectivity index (χ0) is 15.1. The number of nitrogens with one attached hydrogen (secondary N) is 1. The highest BCUT2D eigenvalue weighted by atomic mass is 16.5. The topological polar surface area (TPSA) is 84.9 Å². The maximum Gasteiger partial charge on any atom is 0.413 e. The highest BCUT2D eigenvalue weighted by Crippen LogP contribution is 2.19. The summed E-state index contributed by atoms with van der Waals surface area (Å²) in [4.78, 5) is 36.5. The Morgan fingerprint density at radius 3 is 2.70 bits per heavy atom. The Kier molecular flexibility index (Phi) is 6.44. The number of rotatable bonds is 4. The summed E-state index contributed by atoms with van der Waals surface area (Å²) in [6, 6.07) is -0.494. The fraction of sp³-hybridized carbons (Fsp3) is 0.769. The lowest BCUT2D eigenvalue weighted by Crippen LogP contribution is -2.51. The molecule has 114 valence electrons. The van der Waals surface area contributed by atoms with Gasteiger partial charge < -0.3 is 9.47 Å². The molecule has 1 rings (SSSR count). The first-order chi connectivity index (χ1) is 9.49. The summed E-state index contributed by atoms with van der Waals surface area (Å²) in [6.07, 6.45) is 0.806. The predicted molar refractivity (Wildman–Crippen MR) is 70.9 cm³/mol. The van der Waals surface area contributed by atoms with Crippen molar-refractivity contribution in [3.05, 3.63) is 0 Å². The van der Waals surface area contributed by atoms with Crippen LogP contribution in [0.3, 0.4) is 0 Å². The van der Waals surface area contributed by atoms with E-state index in [4.69, 9.17) is 4.74 Å². The van der Waals surface area contributed by atoms with Crippen LogP contribution in [0.4, 0.5) is 4.79 Å². The van der Waals surface area contributed by atoms with Crippen molar-refractivity contribution in [2.75, 3.05) is 26.8 Å². The minimum absolute atomic E-state index is 0.211. The van der Waals surface area contributed by atoms with Gasteiger partial charge in [-0.15, -0.1) is 0 Å². The molecule has 0 bridgehead atoms. The summed E-state index contributed by atoms with van der Waals surface area (Å²) < 4.78 is 9.40. The van der Waals surface area contributed by atoms with Crippen LogP contribution in [0.1, 0.15) is 26.7 Å². The van der Waals surface area contributed by atoms with E-state index in [0.29, 0.717) is 19.7 Å². The Balaban J connectivity index is 2.55. The van der Waals surface area contributed by atoms with Gasteiger partial charge in [-0.05, 0) is 33.2 Å². The van der Waals surface area contributed by atoms with E-state index in [9.17, 15) is 14.4 Å². The van der Waals surface area contributed by atoms with E-state index in [0.717, 1.165) is 12.8 Å². The first kappa shape index (κ1) is 16.4. The number of ether oxygens (including phenoxy) is 2. The standard InChI is InChI=1S/C13H22N2O5/c1-4-20-12(17)10-6-5-7-15(8-10)9(2)11(16)14-13(18)19-3/h9-10H,4-8H2,1-3H3,(H,14,16,18)/t9-,10-/m0/s1. The van der Waals surface area contributed by atoms with E-state index < -0.39 is 18.0 Å². The molecular formula is C13H22N2O5. The molecule has 1 aliphatic heterocycles. The van der Waals surface area contributed by atoms with Crippen molar-refractivity contribution < 1.29 is 23.9 Å². The highest BCUT2D eigenvalue weighted by molar-refractivity contribution is 5.94. The van der Waals surface area contributed by atoms with E-state index in [-0.39, 0.29) is 11.9 Å². The van der Waals surface area contributed by atoms with Gasteiger partial charge in [0, 0.05) is 6.54 Å². The summed E-state index contributed by atoms with van der Waals surface area (Å²) >= 11 is 0. The quantitative estimate of drug-likeness (QED) is 0.759. The number of methoxy groups -OCH3 is 1. The second-order valence-electron chi connectivity index (χ2n) is 4.74. The van der Waals surface area contributed by atoms with Crippen LogP contribution in [0.25, 0.3) is 0 Å². The minimum Gasteiger partial charge on any atom is -0.466 e. The van der Waals surface area contributed by atoms with Crippen molar-refractivity contribution in [2.24, 2.45) is 5.92 Å². The van der Waals surface area contributed by atoms with Crippen LogP contribution in [0.5, 0.6) is 0 Å². The first-order valence-corrected chi connectivity index (χ1v) is 6.79. The number of hydrogen-bond acceptors (Lipinski definition) is 6. The molecule has 0 aromatic carbocycles. The van der Waals surface area contributed by atoms with Gasteiger partial charge in [0.25, 0.3) is 0 Å². The summed E-state index contributed by atoms with van der Waals surface area (Å²) in [7, 11) is 1.20. The zero-order valence-electron chi connectivity index (χ0n) is 12.2. The van der Waals surface area contributed by atoms with Crippen LogP contribution in [0.15, 0.2) is 0 Å². The Bertz CT molecular complexity index is 372. The molecule has 1 saturated heterocycles. The number of nitrogens with zero attached hydrogens (tertiary/aromatic N) is 1. The third-order valence-electron chi connectivity index (χ3n) is 3.41. The SMILES string of the molecule is CCOC(=O)[C@H]1CCCN([C@@H](C)C(=O)NC(=O)OC)C1. The minimum atomic E-state index is -0.777. The van der Waals surface area contributed by atoms with E-state index in [1.54, 1.807) is 13.8 Å². The summed E-state index contributed by atoms with van der Waals surface area (Å²) in [5, 5.41) is 2.14. The molecule has 20 heavy (non-hydrogen) atoms. The van der Waals surface area contributed by atoms with Gasteiger partial charge in [-0.3, -0.25) is 19.8 Å². The maximum atomic E-state index is 11.8. The molecule has 1 N–H and O–H groups in total. The summed E-state index contributed by atoms with van der Waals surface area (Å²) in [5.41, 5.74) is 0. The van der Waals surface area contributed by atoms with E-state index in [2.05, 4.69) is 10.1 Å². The molecule has 1 fully saturated rings. The largest absolute Gasteiger partial charge is 0.466 e. The number of carbonyl (C=O) groups excluding carboxylic acids is 3. The lowest BCUT2D eigenvalue weighted by Gasteiger charge is -2.34. The second-order valence-corrected chi connectivity index (χ2v) is 4.74. The smallest absolute Gasteiger partial charge is 0.413 e. The number of piperidine rings is 1. The Morgan fingerprint density at radius 2 is 2.10 bits per heavy atom. The van der Waals surface area contributed by atoms with Gasteiger partial charge in [-0.2, -0.15) is 0 Å². The molecule has 0 spiro atoms. The number of esters is 1. The van der Waals surface area contributed by atoms with Gasteiger partial charge in [0.15, 0.2) is 0 Å². The van der Waals surface area contributed by atoms with Gasteiger partial charge in [0.2, 0.25) is 5.91 Å². The fourth-order valence-corrected chi connectivity index (χ4v) is 2.23. The van der Waals surface area contributed by atoms with Crippen molar-refractivity contribution in [3.63, 3.8) is 0 Å². The summed E-state index contributed by atoms with van der Waals surface area (Å²) in [6.45, 7) is 5.00. The van der Waals surface area contributed by atoms with Gasteiger partial charge in [-0.25, -0.2) is 4.79 Å². The molecule has 7 heteroatoms. The fourth-order valence-electron chi connectivity index (χ4n) is 2.23. The lowest BCUT2D eigenvalue weighted by atomic mass is 9.97. The van der Waals surface area contributed by atoms with Gasteiger partial charge in [0.1, 0.15) is 0 Å². The van der Waals surface area contributed by atoms with Crippen molar-refractivity contribution in [1.82, 2.24) is 10.2 Å². The highest BCUT2D eigenvalue weighted by Gasteiger charge is 2.32. The van der Waals surface area contributed by atoms with Crippen LogP contribution in [-0.2, 0) is 19.1 Å². The molecule has 0 aromatic rings. The van der Waals surface area contributed by atoms with Crippen molar-refractivity contribution in [3.8, 4) is 0 Å². The average molecular weight is 286 g/mol. The summed E-state index contributed by atoms with van der Waals surface area (Å²) in [5.74, 6) is -0.865. The molecule has 0 saturated carbocycles. The molecule has 0 unspecified atom stereocenters. The van der Waals surface area contributed by atoms with E-state index in [1.807, 2.05) is 4.90 Å². The van der Waals surface area contributed by atoms with Crippen LogP contribution >= 0.6 is 0 Å². The van der Waals surface area contributed by atoms with Crippen molar-refractivity contribution in [1.29, 1.82) is 0 Å². The number of imide groups is 1. The zero-order valence-corrected chi connectivity index (χ0v) is 12.2. The number of likely N-dealkylation sites (tertiary alicyclic amines) is 1. The number of alkyl carbamates (subject to hydrolysis) is 1. The molecular weight excluding hydrogens is 264 g/mol. The number of carbonyl (C=O) groups is 3. The number of hydrogen-bond donors (Lipinski definition) is 1. The molecule has 0 radical (unpaired) electrons. The Morgan fingerprint density at radius 1 is 1.40 bits per heavy atom. The van der Waals surface area contributed by atoms with E-state index >= 15 is 0 Å². The molecule has 2 amide bonds. The predicted octanol–water partition coefficient (Wildman–Crippen LogP) is 0.533. The molecule has 0 aromatic heterocycles. The number of amides is 2. The van der Waals surface area contributed by atoms with E-state index in [1.165, 1.54) is 7.11 Å². The monoisotopic (exact) mass is 286 g/mol. The van der Waals surface area contributed by atoms with Crippen molar-refractivity contribution in [2.45, 2.75) is 32.7 Å². The Hall–Kier alpha value is -1.63. The normalized spacial score (nSPS) is 20.9. The first-order valence-electron chi connectivity index (χ1n) is 6.79. The van der Waals surface area contributed by atoms with Crippen LogP contribution in [-0.4, -0.2) is 55.7 Å². The molecule has 0 aliphatic carbocycles. The molecule has 2 atom stereocenters. The van der Waals surface area contributed by atoms with Crippen LogP contribution in [0, 0.1) is 5.92 Å². The van der Waals surface area contributed by atoms with Gasteiger partial charge in [-0.1, -0.05) is 0 Å².